The SMILES string of the molecule is CCC(C)CCCCCCCCCCCCC(=O)OC[C@H](CO)OC(=O)CCCCCCCCCCCCC(C)CC. The van der Waals surface area contributed by atoms with Crippen LogP contribution in [0, 0.1) is 11.8 Å². The first-order chi connectivity index (χ1) is 20.4. The number of carbonyl (C=O) groups is 2. The first-order valence-corrected chi connectivity index (χ1v) is 18.4. The van der Waals surface area contributed by atoms with Gasteiger partial charge in [-0.2, -0.15) is 0 Å². The van der Waals surface area contributed by atoms with E-state index in [1.165, 1.54) is 116 Å². The molecule has 1 N–H and O–H groups in total. The van der Waals surface area contributed by atoms with Crippen LogP contribution in [0.25, 0.3) is 0 Å². The van der Waals surface area contributed by atoms with Crippen LogP contribution in [0.4, 0.5) is 0 Å². The zero-order valence-electron chi connectivity index (χ0n) is 28.6. The van der Waals surface area contributed by atoms with Gasteiger partial charge >= 0.3 is 11.9 Å². The molecule has 0 fully saturated rings. The zero-order valence-corrected chi connectivity index (χ0v) is 28.6. The number of carbonyl (C=O) groups excluding carboxylic acids is 2. The van der Waals surface area contributed by atoms with Crippen LogP contribution in [0.2, 0.25) is 0 Å². The number of aliphatic hydroxyl groups is 1. The maximum absolute atomic E-state index is 12.1. The molecule has 0 saturated carbocycles. The molecule has 0 aliphatic rings. The molecule has 3 atom stereocenters. The number of unbranched alkanes of at least 4 members (excludes halogenated alkanes) is 18. The molecule has 0 amide bonds. The van der Waals surface area contributed by atoms with E-state index in [4.69, 9.17) is 9.47 Å². The highest BCUT2D eigenvalue weighted by atomic mass is 16.6. The molecule has 0 aromatic carbocycles. The summed E-state index contributed by atoms with van der Waals surface area (Å²) in [7, 11) is 0. The molecule has 5 nitrogen and oxygen atoms in total. The second-order valence-electron chi connectivity index (χ2n) is 13.2. The van der Waals surface area contributed by atoms with Crippen molar-refractivity contribution in [3.8, 4) is 0 Å². The Kier molecular flexibility index (Phi) is 30.5. The van der Waals surface area contributed by atoms with E-state index in [1.807, 2.05) is 0 Å². The second kappa shape index (κ2) is 31.3. The summed E-state index contributed by atoms with van der Waals surface area (Å²) in [5.41, 5.74) is 0. The van der Waals surface area contributed by atoms with Gasteiger partial charge in [-0.25, -0.2) is 0 Å². The van der Waals surface area contributed by atoms with E-state index in [0.717, 1.165) is 50.4 Å². The van der Waals surface area contributed by atoms with Crippen molar-refractivity contribution in [2.24, 2.45) is 11.8 Å². The topological polar surface area (TPSA) is 72.8 Å². The van der Waals surface area contributed by atoms with E-state index < -0.39 is 6.10 Å². The highest BCUT2D eigenvalue weighted by molar-refractivity contribution is 5.70. The number of aliphatic hydroxyl groups excluding tert-OH is 1. The van der Waals surface area contributed by atoms with E-state index >= 15 is 0 Å². The fourth-order valence-electron chi connectivity index (χ4n) is 5.39. The minimum Gasteiger partial charge on any atom is -0.462 e. The Morgan fingerprint density at radius 3 is 1.21 bits per heavy atom. The molecule has 0 bridgehead atoms. The Hall–Kier alpha value is -1.10. The van der Waals surface area contributed by atoms with Crippen LogP contribution >= 0.6 is 0 Å². The molecule has 0 saturated heterocycles. The van der Waals surface area contributed by atoms with Crippen molar-refractivity contribution >= 4 is 11.9 Å². The molecule has 0 heterocycles. The molecular weight excluding hydrogens is 524 g/mol. The first kappa shape index (κ1) is 40.9. The normalized spacial score (nSPS) is 13.5. The molecule has 42 heavy (non-hydrogen) atoms. The van der Waals surface area contributed by atoms with Gasteiger partial charge in [0.2, 0.25) is 0 Å². The number of rotatable bonds is 32. The van der Waals surface area contributed by atoms with Crippen molar-refractivity contribution in [3.63, 3.8) is 0 Å². The molecule has 2 unspecified atom stereocenters. The third-order valence-electron chi connectivity index (χ3n) is 8.98. The Morgan fingerprint density at radius 1 is 0.524 bits per heavy atom. The van der Waals surface area contributed by atoms with Gasteiger partial charge in [0, 0.05) is 12.8 Å². The molecule has 0 spiro atoms. The largest absolute Gasteiger partial charge is 0.462 e. The van der Waals surface area contributed by atoms with E-state index in [-0.39, 0.29) is 25.2 Å². The van der Waals surface area contributed by atoms with Gasteiger partial charge in [0.05, 0.1) is 6.61 Å². The van der Waals surface area contributed by atoms with Gasteiger partial charge in [-0.3, -0.25) is 9.59 Å². The van der Waals surface area contributed by atoms with Crippen molar-refractivity contribution in [3.05, 3.63) is 0 Å². The predicted octanol–water partition coefficient (Wildman–Crippen LogP) is 10.9. The van der Waals surface area contributed by atoms with E-state index in [9.17, 15) is 14.7 Å². The number of esters is 2. The maximum Gasteiger partial charge on any atom is 0.306 e. The third-order valence-corrected chi connectivity index (χ3v) is 8.98. The number of hydrogen-bond acceptors (Lipinski definition) is 5. The van der Waals surface area contributed by atoms with Gasteiger partial charge in [-0.1, -0.05) is 169 Å². The lowest BCUT2D eigenvalue weighted by Crippen LogP contribution is -2.28. The van der Waals surface area contributed by atoms with Gasteiger partial charge < -0.3 is 14.6 Å². The van der Waals surface area contributed by atoms with Gasteiger partial charge in [0.25, 0.3) is 0 Å². The fourth-order valence-corrected chi connectivity index (χ4v) is 5.39. The van der Waals surface area contributed by atoms with Gasteiger partial charge in [0.15, 0.2) is 6.10 Å². The standard InChI is InChI=1S/C37H72O5/c1-5-33(3)27-23-19-15-11-7-9-13-17-21-25-29-36(39)41-32-35(31-38)42-37(40)30-26-22-18-14-10-8-12-16-20-24-28-34(4)6-2/h33-35,38H,5-32H2,1-4H3/t33?,34?,35-/m0/s1. The summed E-state index contributed by atoms with van der Waals surface area (Å²) >= 11 is 0. The van der Waals surface area contributed by atoms with Crippen molar-refractivity contribution in [2.75, 3.05) is 13.2 Å². The average molecular weight is 597 g/mol. The highest BCUT2D eigenvalue weighted by Crippen LogP contribution is 2.17. The third kappa shape index (κ3) is 29.0. The minimum absolute atomic E-state index is 0.0595. The number of ether oxygens (including phenoxy) is 2. The van der Waals surface area contributed by atoms with Crippen LogP contribution in [0.1, 0.15) is 195 Å². The smallest absolute Gasteiger partial charge is 0.306 e. The molecular formula is C37H72O5. The molecule has 0 aliphatic carbocycles. The van der Waals surface area contributed by atoms with Crippen LogP contribution in [0.5, 0.6) is 0 Å². The Morgan fingerprint density at radius 2 is 0.857 bits per heavy atom. The summed E-state index contributed by atoms with van der Waals surface area (Å²) in [4.78, 5) is 24.2. The Bertz CT molecular complexity index is 593. The minimum atomic E-state index is -0.762. The second-order valence-corrected chi connectivity index (χ2v) is 13.2. The Labute approximate surface area is 261 Å². The maximum atomic E-state index is 12.1. The van der Waals surface area contributed by atoms with Crippen molar-refractivity contribution in [2.45, 2.75) is 201 Å². The van der Waals surface area contributed by atoms with E-state index in [0.29, 0.717) is 12.8 Å². The summed E-state index contributed by atoms with van der Waals surface area (Å²) in [6.07, 6.45) is 30.0. The van der Waals surface area contributed by atoms with Crippen LogP contribution in [-0.4, -0.2) is 36.4 Å². The molecule has 0 radical (unpaired) electrons. The summed E-state index contributed by atoms with van der Waals surface area (Å²) in [5.74, 6) is 1.17. The zero-order chi connectivity index (χ0) is 31.1. The molecule has 0 aromatic rings. The van der Waals surface area contributed by atoms with E-state index in [1.54, 1.807) is 0 Å². The summed E-state index contributed by atoms with van der Waals surface area (Å²) < 4.78 is 10.6. The lowest BCUT2D eigenvalue weighted by molar-refractivity contribution is -0.161. The average Bonchev–Trinajstić information content (AvgIpc) is 2.99. The molecule has 5 heteroatoms. The first-order valence-electron chi connectivity index (χ1n) is 18.4. The van der Waals surface area contributed by atoms with Crippen molar-refractivity contribution in [1.82, 2.24) is 0 Å². The highest BCUT2D eigenvalue weighted by Gasteiger charge is 2.16. The molecule has 0 aromatic heterocycles. The molecule has 0 aliphatic heterocycles. The van der Waals surface area contributed by atoms with Crippen LogP contribution in [0.3, 0.4) is 0 Å². The van der Waals surface area contributed by atoms with Crippen LogP contribution in [-0.2, 0) is 19.1 Å². The van der Waals surface area contributed by atoms with E-state index in [2.05, 4.69) is 27.7 Å². The summed E-state index contributed by atoms with van der Waals surface area (Å²) in [6, 6.07) is 0. The number of hydrogen-bond donors (Lipinski definition) is 1. The quantitative estimate of drug-likeness (QED) is 0.0617. The summed E-state index contributed by atoms with van der Waals surface area (Å²) in [5, 5.41) is 9.52. The Balaban J connectivity index is 3.55. The predicted molar refractivity (Wildman–Crippen MR) is 178 cm³/mol. The van der Waals surface area contributed by atoms with Gasteiger partial charge in [-0.05, 0) is 24.7 Å². The molecule has 0 rings (SSSR count). The van der Waals surface area contributed by atoms with Gasteiger partial charge in [0.1, 0.15) is 6.61 Å². The fraction of sp³-hybridized carbons (Fsp3) is 0.946. The monoisotopic (exact) mass is 597 g/mol. The van der Waals surface area contributed by atoms with Crippen molar-refractivity contribution in [1.29, 1.82) is 0 Å². The van der Waals surface area contributed by atoms with Gasteiger partial charge in [-0.15, -0.1) is 0 Å². The molecule has 250 valence electrons. The summed E-state index contributed by atoms with van der Waals surface area (Å²) in [6.45, 7) is 8.88. The van der Waals surface area contributed by atoms with Crippen molar-refractivity contribution < 1.29 is 24.2 Å². The van der Waals surface area contributed by atoms with Crippen LogP contribution < -0.4 is 0 Å². The lowest BCUT2D eigenvalue weighted by atomic mass is 9.99. The lowest BCUT2D eigenvalue weighted by Gasteiger charge is -2.15. The van der Waals surface area contributed by atoms with Crippen LogP contribution in [0.15, 0.2) is 0 Å².